The van der Waals surface area contributed by atoms with E-state index in [9.17, 15) is 4.79 Å². The molecule has 0 aromatic carbocycles. The Hall–Kier alpha value is -1.36. The molecule has 1 aliphatic rings. The Kier molecular flexibility index (Phi) is 4.75. The molecule has 2 N–H and O–H groups in total. The van der Waals surface area contributed by atoms with Gasteiger partial charge in [0.15, 0.2) is 0 Å². The van der Waals surface area contributed by atoms with Gasteiger partial charge in [0.2, 0.25) is 5.91 Å². The average Bonchev–Trinajstić information content (AvgIpc) is 2.84. The SMILES string of the molecule is NC(=O)CN1CCC(CCCn2ccnc2)CC1. The Morgan fingerprint density at radius 2 is 2.17 bits per heavy atom. The zero-order valence-electron chi connectivity index (χ0n) is 10.8. The van der Waals surface area contributed by atoms with Gasteiger partial charge in [-0.1, -0.05) is 0 Å². The van der Waals surface area contributed by atoms with E-state index in [-0.39, 0.29) is 5.91 Å². The van der Waals surface area contributed by atoms with E-state index < -0.39 is 0 Å². The van der Waals surface area contributed by atoms with Crippen LogP contribution in [0.5, 0.6) is 0 Å². The summed E-state index contributed by atoms with van der Waals surface area (Å²) in [5.74, 6) is 0.589. The number of carbonyl (C=O) groups excluding carboxylic acids is 1. The summed E-state index contributed by atoms with van der Waals surface area (Å²) >= 11 is 0. The largest absolute Gasteiger partial charge is 0.369 e. The maximum absolute atomic E-state index is 10.8. The first kappa shape index (κ1) is 13.1. The summed E-state index contributed by atoms with van der Waals surface area (Å²) in [7, 11) is 0. The van der Waals surface area contributed by atoms with Crippen molar-refractivity contribution in [2.75, 3.05) is 19.6 Å². The minimum absolute atomic E-state index is 0.214. The highest BCUT2D eigenvalue weighted by Gasteiger charge is 2.19. The fraction of sp³-hybridized carbons (Fsp3) is 0.692. The number of rotatable bonds is 6. The third kappa shape index (κ3) is 4.14. The number of hydrogen-bond acceptors (Lipinski definition) is 3. The number of aromatic nitrogens is 2. The summed E-state index contributed by atoms with van der Waals surface area (Å²) in [6.07, 6.45) is 10.6. The highest BCUT2D eigenvalue weighted by molar-refractivity contribution is 5.75. The predicted molar refractivity (Wildman–Crippen MR) is 69.8 cm³/mol. The average molecular weight is 250 g/mol. The van der Waals surface area contributed by atoms with Crippen LogP contribution in [0, 0.1) is 5.92 Å². The molecular formula is C13H22N4O. The lowest BCUT2D eigenvalue weighted by atomic mass is 9.92. The van der Waals surface area contributed by atoms with Crippen LogP contribution in [0.1, 0.15) is 25.7 Å². The Labute approximate surface area is 108 Å². The third-order valence-corrected chi connectivity index (χ3v) is 3.67. The summed E-state index contributed by atoms with van der Waals surface area (Å²) in [6, 6.07) is 0. The Balaban J connectivity index is 1.60. The molecule has 18 heavy (non-hydrogen) atoms. The monoisotopic (exact) mass is 250 g/mol. The van der Waals surface area contributed by atoms with E-state index in [1.807, 2.05) is 18.7 Å². The van der Waals surface area contributed by atoms with Crippen LogP contribution in [0.15, 0.2) is 18.7 Å². The number of carbonyl (C=O) groups is 1. The summed E-state index contributed by atoms with van der Waals surface area (Å²) in [6.45, 7) is 3.50. The number of aryl methyl sites for hydroxylation is 1. The summed E-state index contributed by atoms with van der Waals surface area (Å²) in [5, 5.41) is 0. The minimum Gasteiger partial charge on any atom is -0.369 e. The Morgan fingerprint density at radius 3 is 2.78 bits per heavy atom. The molecule has 2 rings (SSSR count). The number of imidazole rings is 1. The second-order valence-electron chi connectivity index (χ2n) is 5.13. The second kappa shape index (κ2) is 6.54. The van der Waals surface area contributed by atoms with E-state index >= 15 is 0 Å². The maximum atomic E-state index is 10.8. The van der Waals surface area contributed by atoms with Crippen LogP contribution in [0.3, 0.4) is 0 Å². The van der Waals surface area contributed by atoms with Gasteiger partial charge < -0.3 is 10.3 Å². The number of likely N-dealkylation sites (tertiary alicyclic amines) is 1. The standard InChI is InChI=1S/C13H22N4O/c14-13(18)10-16-7-3-12(4-8-16)2-1-6-17-9-5-15-11-17/h5,9,11-12H,1-4,6-8,10H2,(H2,14,18). The number of nitrogens with zero attached hydrogens (tertiary/aromatic N) is 3. The van der Waals surface area contributed by atoms with Crippen LogP contribution in [-0.2, 0) is 11.3 Å². The summed E-state index contributed by atoms with van der Waals surface area (Å²) < 4.78 is 2.13. The molecule has 1 aromatic rings. The molecule has 1 aliphatic heterocycles. The molecular weight excluding hydrogens is 228 g/mol. The number of nitrogens with two attached hydrogens (primary N) is 1. The zero-order chi connectivity index (χ0) is 12.8. The van der Waals surface area contributed by atoms with Crippen LogP contribution in [0.25, 0.3) is 0 Å². The fourth-order valence-corrected chi connectivity index (χ4v) is 2.64. The molecule has 1 aromatic heterocycles. The van der Waals surface area contributed by atoms with Crippen LogP contribution in [0.2, 0.25) is 0 Å². The minimum atomic E-state index is -0.214. The molecule has 0 unspecified atom stereocenters. The van der Waals surface area contributed by atoms with E-state index in [2.05, 4.69) is 14.5 Å². The van der Waals surface area contributed by atoms with E-state index in [1.54, 1.807) is 0 Å². The van der Waals surface area contributed by atoms with E-state index in [4.69, 9.17) is 5.73 Å². The second-order valence-corrected chi connectivity index (χ2v) is 5.13. The van der Waals surface area contributed by atoms with Crippen LogP contribution < -0.4 is 5.73 Å². The Morgan fingerprint density at radius 1 is 1.39 bits per heavy atom. The maximum Gasteiger partial charge on any atom is 0.231 e. The van der Waals surface area contributed by atoms with Crippen molar-refractivity contribution in [1.29, 1.82) is 0 Å². The van der Waals surface area contributed by atoms with Crippen LogP contribution in [-0.4, -0.2) is 40.0 Å². The van der Waals surface area contributed by atoms with Gasteiger partial charge in [0.05, 0.1) is 12.9 Å². The highest BCUT2D eigenvalue weighted by Crippen LogP contribution is 2.21. The van der Waals surface area contributed by atoms with Gasteiger partial charge in [-0.05, 0) is 44.7 Å². The first-order chi connectivity index (χ1) is 8.74. The smallest absolute Gasteiger partial charge is 0.231 e. The lowest BCUT2D eigenvalue weighted by Gasteiger charge is -2.31. The number of hydrogen-bond donors (Lipinski definition) is 1. The van der Waals surface area contributed by atoms with Crippen molar-refractivity contribution in [3.8, 4) is 0 Å². The topological polar surface area (TPSA) is 64.2 Å². The van der Waals surface area contributed by atoms with Gasteiger partial charge in [0, 0.05) is 18.9 Å². The molecule has 5 heteroatoms. The normalized spacial score (nSPS) is 18.0. The van der Waals surface area contributed by atoms with Crippen molar-refractivity contribution in [2.45, 2.75) is 32.2 Å². The van der Waals surface area contributed by atoms with Crippen molar-refractivity contribution in [2.24, 2.45) is 11.7 Å². The van der Waals surface area contributed by atoms with Crippen molar-refractivity contribution >= 4 is 5.91 Å². The van der Waals surface area contributed by atoms with Gasteiger partial charge in [-0.2, -0.15) is 0 Å². The van der Waals surface area contributed by atoms with E-state index in [0.29, 0.717) is 6.54 Å². The van der Waals surface area contributed by atoms with E-state index in [0.717, 1.165) is 25.6 Å². The quantitative estimate of drug-likeness (QED) is 0.814. The molecule has 1 amide bonds. The molecule has 2 heterocycles. The van der Waals surface area contributed by atoms with E-state index in [1.165, 1.54) is 25.7 Å². The molecule has 0 spiro atoms. The highest BCUT2D eigenvalue weighted by atomic mass is 16.1. The van der Waals surface area contributed by atoms with Crippen LogP contribution >= 0.6 is 0 Å². The molecule has 1 saturated heterocycles. The van der Waals surface area contributed by atoms with Gasteiger partial charge in [-0.25, -0.2) is 4.98 Å². The van der Waals surface area contributed by atoms with Gasteiger partial charge in [0.1, 0.15) is 0 Å². The molecule has 100 valence electrons. The summed E-state index contributed by atoms with van der Waals surface area (Å²) in [4.78, 5) is 17.0. The zero-order valence-corrected chi connectivity index (χ0v) is 10.8. The van der Waals surface area contributed by atoms with Crippen molar-refractivity contribution in [3.05, 3.63) is 18.7 Å². The van der Waals surface area contributed by atoms with Crippen molar-refractivity contribution < 1.29 is 4.79 Å². The van der Waals surface area contributed by atoms with Gasteiger partial charge in [-0.15, -0.1) is 0 Å². The van der Waals surface area contributed by atoms with Gasteiger partial charge in [0.25, 0.3) is 0 Å². The molecule has 0 saturated carbocycles. The molecule has 0 atom stereocenters. The van der Waals surface area contributed by atoms with Gasteiger partial charge >= 0.3 is 0 Å². The molecule has 0 aliphatic carbocycles. The lowest BCUT2D eigenvalue weighted by Crippen LogP contribution is -2.39. The third-order valence-electron chi connectivity index (χ3n) is 3.67. The first-order valence-corrected chi connectivity index (χ1v) is 6.70. The Bertz CT molecular complexity index is 355. The first-order valence-electron chi connectivity index (χ1n) is 6.70. The van der Waals surface area contributed by atoms with Gasteiger partial charge in [-0.3, -0.25) is 9.69 Å². The van der Waals surface area contributed by atoms with Crippen molar-refractivity contribution in [1.82, 2.24) is 14.5 Å². The lowest BCUT2D eigenvalue weighted by molar-refractivity contribution is -0.119. The predicted octanol–water partition coefficient (Wildman–Crippen LogP) is 0.861. The number of primary amides is 1. The fourth-order valence-electron chi connectivity index (χ4n) is 2.64. The summed E-state index contributed by atoms with van der Waals surface area (Å²) in [5.41, 5.74) is 5.20. The van der Waals surface area contributed by atoms with Crippen molar-refractivity contribution in [3.63, 3.8) is 0 Å². The number of amides is 1. The van der Waals surface area contributed by atoms with Crippen LogP contribution in [0.4, 0.5) is 0 Å². The molecule has 5 nitrogen and oxygen atoms in total. The number of piperidine rings is 1. The molecule has 1 fully saturated rings. The molecule has 0 bridgehead atoms. The molecule has 0 radical (unpaired) electrons.